The van der Waals surface area contributed by atoms with E-state index in [1.54, 1.807) is 12.1 Å². The van der Waals surface area contributed by atoms with Crippen molar-refractivity contribution in [2.45, 2.75) is 19.6 Å². The molecule has 0 radical (unpaired) electrons. The Labute approximate surface area is 107 Å². The van der Waals surface area contributed by atoms with Gasteiger partial charge in [0.2, 0.25) is 0 Å². The Balaban J connectivity index is 2.66. The summed E-state index contributed by atoms with van der Waals surface area (Å²) in [4.78, 5) is 0. The maximum absolute atomic E-state index is 12.2. The molecular weight excluding hydrogens is 292 g/mol. The van der Waals surface area contributed by atoms with Crippen molar-refractivity contribution in [3.05, 3.63) is 28.2 Å². The van der Waals surface area contributed by atoms with Crippen molar-refractivity contribution in [1.29, 1.82) is 0 Å². The van der Waals surface area contributed by atoms with Crippen LogP contribution in [0, 0.1) is 12.3 Å². The Morgan fingerprint density at radius 1 is 1.47 bits per heavy atom. The van der Waals surface area contributed by atoms with E-state index >= 15 is 0 Å². The lowest BCUT2D eigenvalue weighted by Gasteiger charge is -2.11. The summed E-state index contributed by atoms with van der Waals surface area (Å²) >= 11 is 3.28. The fourth-order valence-corrected chi connectivity index (χ4v) is 1.69. The Morgan fingerprint density at radius 3 is 2.88 bits per heavy atom. The Bertz CT molecular complexity index is 404. The van der Waals surface area contributed by atoms with E-state index in [0.717, 1.165) is 4.47 Å². The van der Waals surface area contributed by atoms with Crippen LogP contribution in [0.4, 0.5) is 8.78 Å². The first-order chi connectivity index (χ1) is 8.13. The minimum absolute atomic E-state index is 0.177. The third-order valence-corrected chi connectivity index (χ3v) is 2.49. The van der Waals surface area contributed by atoms with Crippen LogP contribution < -0.4 is 10.1 Å². The molecule has 0 saturated heterocycles. The Morgan fingerprint density at radius 2 is 2.24 bits per heavy atom. The number of terminal acetylenes is 1. The molecule has 5 heteroatoms. The van der Waals surface area contributed by atoms with Gasteiger partial charge in [-0.3, -0.25) is 0 Å². The summed E-state index contributed by atoms with van der Waals surface area (Å²) in [5.41, 5.74) is 0.664. The van der Waals surface area contributed by atoms with E-state index in [2.05, 4.69) is 31.9 Å². The number of rotatable bonds is 6. The molecule has 2 nitrogen and oxygen atoms in total. The zero-order valence-electron chi connectivity index (χ0n) is 9.05. The van der Waals surface area contributed by atoms with Gasteiger partial charge in [0.15, 0.2) is 0 Å². The number of benzene rings is 1. The predicted molar refractivity (Wildman–Crippen MR) is 65.9 cm³/mol. The van der Waals surface area contributed by atoms with Crippen molar-refractivity contribution >= 4 is 15.9 Å². The Kier molecular flexibility index (Phi) is 5.95. The average molecular weight is 304 g/mol. The van der Waals surface area contributed by atoms with E-state index in [9.17, 15) is 8.78 Å². The summed E-state index contributed by atoms with van der Waals surface area (Å²) in [6.07, 6.45) is 5.70. The molecule has 0 atom stereocenters. The number of ether oxygens (including phenoxy) is 1. The first kappa shape index (κ1) is 13.9. The molecule has 0 unspecified atom stereocenters. The van der Waals surface area contributed by atoms with Gasteiger partial charge < -0.3 is 10.1 Å². The molecule has 0 bridgehead atoms. The van der Waals surface area contributed by atoms with Gasteiger partial charge >= 0.3 is 6.61 Å². The molecule has 0 heterocycles. The van der Waals surface area contributed by atoms with Crippen LogP contribution in [0.15, 0.2) is 22.7 Å². The number of alkyl halides is 2. The standard InChI is InChI=1S/C12H12BrF2NO/c1-2-3-6-16-8-9-7-10(13)4-5-11(9)17-12(14)15/h1,4-5,7,12,16H,3,6,8H2. The molecule has 0 amide bonds. The van der Waals surface area contributed by atoms with Crippen LogP contribution >= 0.6 is 15.9 Å². The quantitative estimate of drug-likeness (QED) is 0.644. The van der Waals surface area contributed by atoms with E-state index in [1.807, 2.05) is 0 Å². The van der Waals surface area contributed by atoms with E-state index in [1.165, 1.54) is 6.07 Å². The second-order valence-corrected chi connectivity index (χ2v) is 4.18. The van der Waals surface area contributed by atoms with Crippen LogP contribution in [0.2, 0.25) is 0 Å². The number of hydrogen-bond acceptors (Lipinski definition) is 2. The van der Waals surface area contributed by atoms with Crippen molar-refractivity contribution in [2.75, 3.05) is 6.54 Å². The van der Waals surface area contributed by atoms with Gasteiger partial charge in [-0.2, -0.15) is 8.78 Å². The summed E-state index contributed by atoms with van der Waals surface area (Å²) in [7, 11) is 0. The smallest absolute Gasteiger partial charge is 0.387 e. The molecule has 0 fully saturated rings. The van der Waals surface area contributed by atoms with Crippen molar-refractivity contribution in [3.63, 3.8) is 0 Å². The van der Waals surface area contributed by atoms with Gasteiger partial charge in [-0.1, -0.05) is 15.9 Å². The van der Waals surface area contributed by atoms with Crippen LogP contribution in [-0.4, -0.2) is 13.2 Å². The second kappa shape index (κ2) is 7.25. The molecule has 1 rings (SSSR count). The largest absolute Gasteiger partial charge is 0.434 e. The molecular formula is C12H12BrF2NO. The molecule has 92 valence electrons. The summed E-state index contributed by atoms with van der Waals surface area (Å²) < 4.78 is 29.6. The highest BCUT2D eigenvalue weighted by Gasteiger charge is 2.09. The first-order valence-corrected chi connectivity index (χ1v) is 5.80. The fraction of sp³-hybridized carbons (Fsp3) is 0.333. The highest BCUT2D eigenvalue weighted by atomic mass is 79.9. The molecule has 0 aliphatic rings. The SMILES string of the molecule is C#CCCNCc1cc(Br)ccc1OC(F)F. The van der Waals surface area contributed by atoms with Gasteiger partial charge in [0.05, 0.1) is 0 Å². The number of halogens is 3. The summed E-state index contributed by atoms with van der Waals surface area (Å²) in [5.74, 6) is 2.67. The molecule has 0 saturated carbocycles. The average Bonchev–Trinajstić information content (AvgIpc) is 2.27. The molecule has 0 spiro atoms. The van der Waals surface area contributed by atoms with E-state index < -0.39 is 6.61 Å². The summed E-state index contributed by atoms with van der Waals surface area (Å²) in [5, 5.41) is 3.06. The third-order valence-electron chi connectivity index (χ3n) is 2.00. The van der Waals surface area contributed by atoms with Gasteiger partial charge in [0, 0.05) is 29.5 Å². The molecule has 1 N–H and O–H groups in total. The van der Waals surface area contributed by atoms with Gasteiger partial charge in [-0.05, 0) is 18.2 Å². The lowest BCUT2D eigenvalue weighted by Crippen LogP contribution is -2.15. The van der Waals surface area contributed by atoms with Crippen LogP contribution in [0.25, 0.3) is 0 Å². The van der Waals surface area contributed by atoms with Crippen LogP contribution in [0.1, 0.15) is 12.0 Å². The maximum Gasteiger partial charge on any atom is 0.387 e. The zero-order chi connectivity index (χ0) is 12.7. The maximum atomic E-state index is 12.2. The third kappa shape index (κ3) is 5.16. The second-order valence-electron chi connectivity index (χ2n) is 3.26. The Hall–Kier alpha value is -1.12. The molecule has 17 heavy (non-hydrogen) atoms. The van der Waals surface area contributed by atoms with Gasteiger partial charge in [-0.25, -0.2) is 0 Å². The monoisotopic (exact) mass is 303 g/mol. The van der Waals surface area contributed by atoms with Crippen molar-refractivity contribution in [2.24, 2.45) is 0 Å². The first-order valence-electron chi connectivity index (χ1n) is 5.01. The van der Waals surface area contributed by atoms with Gasteiger partial charge in [0.1, 0.15) is 5.75 Å². The molecule has 0 aliphatic carbocycles. The molecule has 1 aromatic carbocycles. The highest BCUT2D eigenvalue weighted by Crippen LogP contribution is 2.24. The van der Waals surface area contributed by atoms with Crippen LogP contribution in [0.5, 0.6) is 5.75 Å². The minimum Gasteiger partial charge on any atom is -0.434 e. The molecule has 1 aromatic rings. The summed E-state index contributed by atoms with van der Waals surface area (Å²) in [6.45, 7) is -1.75. The normalized spacial score (nSPS) is 10.3. The predicted octanol–water partition coefficient (Wildman–Crippen LogP) is 3.16. The minimum atomic E-state index is -2.82. The highest BCUT2D eigenvalue weighted by molar-refractivity contribution is 9.10. The zero-order valence-corrected chi connectivity index (χ0v) is 10.6. The lowest BCUT2D eigenvalue weighted by molar-refractivity contribution is -0.0505. The van der Waals surface area contributed by atoms with Crippen molar-refractivity contribution in [1.82, 2.24) is 5.32 Å². The number of hydrogen-bond donors (Lipinski definition) is 1. The van der Waals surface area contributed by atoms with Crippen molar-refractivity contribution < 1.29 is 13.5 Å². The van der Waals surface area contributed by atoms with E-state index in [4.69, 9.17) is 6.42 Å². The van der Waals surface area contributed by atoms with Crippen molar-refractivity contribution in [3.8, 4) is 18.1 Å². The number of nitrogens with one attached hydrogen (secondary N) is 1. The van der Waals surface area contributed by atoms with Gasteiger partial charge in [0.25, 0.3) is 0 Å². The van der Waals surface area contributed by atoms with Crippen LogP contribution in [0.3, 0.4) is 0 Å². The lowest BCUT2D eigenvalue weighted by atomic mass is 10.2. The molecule has 0 aromatic heterocycles. The van der Waals surface area contributed by atoms with E-state index in [-0.39, 0.29) is 5.75 Å². The fourth-order valence-electron chi connectivity index (χ4n) is 1.28. The molecule has 0 aliphatic heterocycles. The topological polar surface area (TPSA) is 21.3 Å². The van der Waals surface area contributed by atoms with Gasteiger partial charge in [-0.15, -0.1) is 12.3 Å². The van der Waals surface area contributed by atoms with E-state index in [0.29, 0.717) is 25.1 Å². The van der Waals surface area contributed by atoms with Crippen LogP contribution in [-0.2, 0) is 6.54 Å². The summed E-state index contributed by atoms with van der Waals surface area (Å²) in [6, 6.07) is 4.90.